The number of ether oxygens (including phenoxy) is 4. The van der Waals surface area contributed by atoms with Crippen molar-refractivity contribution in [1.82, 2.24) is 10.3 Å². The average molecular weight is 475 g/mol. The molecule has 0 unspecified atom stereocenters. The number of hydrogen-bond acceptors (Lipinski definition) is 8. The van der Waals surface area contributed by atoms with E-state index in [9.17, 15) is 4.79 Å². The molecule has 1 aliphatic heterocycles. The average Bonchev–Trinajstić information content (AvgIpc) is 3.36. The number of pyridine rings is 1. The lowest BCUT2D eigenvalue weighted by Gasteiger charge is -2.18. The summed E-state index contributed by atoms with van der Waals surface area (Å²) in [6, 6.07) is 12.8. The fraction of sp³-hybridized carbons (Fsp3) is 0.259. The number of carbonyl (C=O) groups is 1. The molecule has 0 spiro atoms. The summed E-state index contributed by atoms with van der Waals surface area (Å²) in [5, 5.41) is 4.29. The molecule has 0 bridgehead atoms. The molecule has 180 valence electrons. The highest BCUT2D eigenvalue weighted by Gasteiger charge is 2.21. The van der Waals surface area contributed by atoms with E-state index in [1.165, 1.54) is 0 Å². The predicted octanol–water partition coefficient (Wildman–Crippen LogP) is 4.45. The van der Waals surface area contributed by atoms with Gasteiger partial charge in [0.1, 0.15) is 13.2 Å². The molecule has 0 radical (unpaired) electrons. The van der Waals surface area contributed by atoms with Gasteiger partial charge >= 0.3 is 0 Å². The molecule has 8 heteroatoms. The molecule has 0 atom stereocenters. The van der Waals surface area contributed by atoms with E-state index in [2.05, 4.69) is 10.3 Å². The maximum absolute atomic E-state index is 13.2. The van der Waals surface area contributed by atoms with Gasteiger partial charge in [0.2, 0.25) is 5.78 Å². The van der Waals surface area contributed by atoms with Crippen LogP contribution < -0.4 is 24.3 Å². The number of furan rings is 1. The Balaban J connectivity index is 1.36. The van der Waals surface area contributed by atoms with E-state index in [1.54, 1.807) is 38.5 Å². The van der Waals surface area contributed by atoms with Crippen molar-refractivity contribution in [2.45, 2.75) is 20.0 Å². The van der Waals surface area contributed by atoms with Crippen LogP contribution in [0.3, 0.4) is 0 Å². The zero-order valence-electron chi connectivity index (χ0n) is 19.8. The van der Waals surface area contributed by atoms with Crippen molar-refractivity contribution < 1.29 is 28.2 Å². The van der Waals surface area contributed by atoms with E-state index in [1.807, 2.05) is 31.3 Å². The highest BCUT2D eigenvalue weighted by atomic mass is 16.6. The third-order valence-corrected chi connectivity index (χ3v) is 5.94. The highest BCUT2D eigenvalue weighted by molar-refractivity contribution is 6.09. The van der Waals surface area contributed by atoms with Crippen molar-refractivity contribution in [3.8, 4) is 23.0 Å². The van der Waals surface area contributed by atoms with Crippen LogP contribution in [0, 0.1) is 6.92 Å². The van der Waals surface area contributed by atoms with Gasteiger partial charge in [-0.3, -0.25) is 9.78 Å². The molecule has 2 aromatic heterocycles. The lowest BCUT2D eigenvalue weighted by Crippen LogP contribution is -2.15. The number of carbonyl (C=O) groups excluding carboxylic acids is 1. The number of aryl methyl sites for hydroxylation is 1. The maximum Gasteiger partial charge on any atom is 0.228 e. The van der Waals surface area contributed by atoms with Crippen molar-refractivity contribution in [1.29, 1.82) is 0 Å². The van der Waals surface area contributed by atoms with Gasteiger partial charge in [-0.05, 0) is 54.4 Å². The van der Waals surface area contributed by atoms with E-state index in [0.29, 0.717) is 60.4 Å². The first-order chi connectivity index (χ1) is 17.1. The molecule has 0 fully saturated rings. The molecule has 0 aliphatic carbocycles. The minimum atomic E-state index is -0.221. The second kappa shape index (κ2) is 9.68. The SMILES string of the molecule is COc1ccc(CNCc2cnc(C)c3oc(C(=O)c4ccc5c(c4)OCCO5)cc23)cc1OC. The largest absolute Gasteiger partial charge is 0.493 e. The molecule has 35 heavy (non-hydrogen) atoms. The second-order valence-electron chi connectivity index (χ2n) is 8.20. The molecule has 0 saturated carbocycles. The third kappa shape index (κ3) is 4.52. The van der Waals surface area contributed by atoms with Crippen molar-refractivity contribution in [3.63, 3.8) is 0 Å². The van der Waals surface area contributed by atoms with Crippen molar-refractivity contribution in [3.05, 3.63) is 76.8 Å². The van der Waals surface area contributed by atoms with Crippen molar-refractivity contribution >= 4 is 16.8 Å². The number of benzene rings is 2. The van der Waals surface area contributed by atoms with E-state index >= 15 is 0 Å². The van der Waals surface area contributed by atoms with Gasteiger partial charge in [-0.25, -0.2) is 0 Å². The van der Waals surface area contributed by atoms with E-state index < -0.39 is 0 Å². The minimum Gasteiger partial charge on any atom is -0.493 e. The van der Waals surface area contributed by atoms with Crippen molar-refractivity contribution in [2.24, 2.45) is 0 Å². The van der Waals surface area contributed by atoms with Gasteiger partial charge in [-0.15, -0.1) is 0 Å². The number of hydrogen-bond donors (Lipinski definition) is 1. The number of fused-ring (bicyclic) bond motifs is 2. The molecule has 0 amide bonds. The molecule has 8 nitrogen and oxygen atoms in total. The van der Waals surface area contributed by atoms with Gasteiger partial charge in [0.05, 0.1) is 19.9 Å². The third-order valence-electron chi connectivity index (χ3n) is 5.94. The lowest BCUT2D eigenvalue weighted by molar-refractivity contribution is 0.101. The summed E-state index contributed by atoms with van der Waals surface area (Å²) in [6.07, 6.45) is 1.81. The van der Waals surface area contributed by atoms with Gasteiger partial charge in [0.15, 0.2) is 34.3 Å². The van der Waals surface area contributed by atoms with Gasteiger partial charge in [-0.2, -0.15) is 0 Å². The summed E-state index contributed by atoms with van der Waals surface area (Å²) in [7, 11) is 3.23. The van der Waals surface area contributed by atoms with Gasteiger partial charge < -0.3 is 28.7 Å². The van der Waals surface area contributed by atoms with Crippen LogP contribution in [0.2, 0.25) is 0 Å². The summed E-state index contributed by atoms with van der Waals surface area (Å²) in [6.45, 7) is 4.00. The molecule has 1 aliphatic rings. The molecular weight excluding hydrogens is 448 g/mol. The highest BCUT2D eigenvalue weighted by Crippen LogP contribution is 2.33. The van der Waals surface area contributed by atoms with Gasteiger partial charge in [0, 0.05) is 30.2 Å². The zero-order chi connectivity index (χ0) is 24.4. The minimum absolute atomic E-state index is 0.221. The zero-order valence-corrected chi connectivity index (χ0v) is 19.8. The van der Waals surface area contributed by atoms with Crippen LogP contribution >= 0.6 is 0 Å². The molecule has 5 rings (SSSR count). The first-order valence-corrected chi connectivity index (χ1v) is 11.3. The smallest absolute Gasteiger partial charge is 0.228 e. The first-order valence-electron chi connectivity index (χ1n) is 11.3. The number of aromatic nitrogens is 1. The Hall–Kier alpha value is -4.04. The summed E-state index contributed by atoms with van der Waals surface area (Å²) in [5.41, 5.74) is 3.81. The molecule has 3 heterocycles. The number of rotatable bonds is 8. The Bertz CT molecular complexity index is 1390. The number of nitrogens with zero attached hydrogens (tertiary/aromatic N) is 1. The summed E-state index contributed by atoms with van der Waals surface area (Å²) in [4.78, 5) is 17.7. The number of methoxy groups -OCH3 is 2. The molecular formula is C27H26N2O6. The van der Waals surface area contributed by atoms with Crippen LogP contribution in [0.4, 0.5) is 0 Å². The monoisotopic (exact) mass is 474 g/mol. The van der Waals surface area contributed by atoms with Gasteiger partial charge in [0.25, 0.3) is 0 Å². The Morgan fingerprint density at radius 1 is 0.971 bits per heavy atom. The van der Waals surface area contributed by atoms with Crippen LogP contribution in [-0.4, -0.2) is 38.2 Å². The predicted molar refractivity (Wildman–Crippen MR) is 130 cm³/mol. The normalized spacial score (nSPS) is 12.5. The van der Waals surface area contributed by atoms with Crippen LogP contribution in [0.5, 0.6) is 23.0 Å². The molecule has 2 aromatic carbocycles. The van der Waals surface area contributed by atoms with Crippen LogP contribution in [-0.2, 0) is 13.1 Å². The fourth-order valence-electron chi connectivity index (χ4n) is 4.11. The Labute approximate surface area is 202 Å². The second-order valence-corrected chi connectivity index (χ2v) is 8.20. The Morgan fingerprint density at radius 3 is 2.57 bits per heavy atom. The van der Waals surface area contributed by atoms with Crippen molar-refractivity contribution in [2.75, 3.05) is 27.4 Å². The summed E-state index contributed by atoms with van der Waals surface area (Å²) in [5.74, 6) is 2.62. The van der Waals surface area contributed by atoms with E-state index in [0.717, 1.165) is 22.2 Å². The lowest BCUT2D eigenvalue weighted by atomic mass is 10.1. The molecule has 1 N–H and O–H groups in total. The van der Waals surface area contributed by atoms with Gasteiger partial charge in [-0.1, -0.05) is 6.07 Å². The van der Waals surface area contributed by atoms with E-state index in [-0.39, 0.29) is 11.5 Å². The number of ketones is 1. The topological polar surface area (TPSA) is 92.1 Å². The Kier molecular flexibility index (Phi) is 6.29. The number of nitrogens with one attached hydrogen (secondary N) is 1. The fourth-order valence-corrected chi connectivity index (χ4v) is 4.11. The standard InChI is InChI=1S/C27H26N2O6/c1-16-27-20(12-25(35-27)26(30)18-5-7-22-24(11-18)34-9-8-33-22)19(15-29-16)14-28-13-17-4-6-21(31-2)23(10-17)32-3/h4-7,10-12,15,28H,8-9,13-14H2,1-3H3. The summed E-state index contributed by atoms with van der Waals surface area (Å²) >= 11 is 0. The molecule has 4 aromatic rings. The van der Waals surface area contributed by atoms with E-state index in [4.69, 9.17) is 23.4 Å². The van der Waals surface area contributed by atoms with Crippen LogP contribution in [0.1, 0.15) is 32.9 Å². The molecule has 0 saturated heterocycles. The maximum atomic E-state index is 13.2. The first kappa shape index (κ1) is 22.7. The quantitative estimate of drug-likeness (QED) is 0.375. The summed E-state index contributed by atoms with van der Waals surface area (Å²) < 4.78 is 27.8. The van der Waals surface area contributed by atoms with Crippen LogP contribution in [0.15, 0.2) is 53.1 Å². The Morgan fingerprint density at radius 2 is 1.77 bits per heavy atom. The van der Waals surface area contributed by atoms with Crippen LogP contribution in [0.25, 0.3) is 11.0 Å².